The molecule has 0 aliphatic carbocycles. The molecule has 0 bridgehead atoms. The van der Waals surface area contributed by atoms with Crippen LogP contribution in [0.4, 0.5) is 0 Å². The summed E-state index contributed by atoms with van der Waals surface area (Å²) in [7, 11) is 0. The van der Waals surface area contributed by atoms with Gasteiger partial charge in [-0.3, -0.25) is 0 Å². The van der Waals surface area contributed by atoms with Crippen LogP contribution in [0.2, 0.25) is 13.3 Å². The number of carboxylic acid groups (broad SMARTS) is 1. The SMILES string of the molecule is CC(=O)[O-].CCCCCCCCCCC[CH2][Sn+]([CH2]CCCCCCCCCCC)[CH2]CCCCCCCCCCC. The van der Waals surface area contributed by atoms with E-state index in [2.05, 4.69) is 20.8 Å². The van der Waals surface area contributed by atoms with Gasteiger partial charge in [0.1, 0.15) is 0 Å². The summed E-state index contributed by atoms with van der Waals surface area (Å²) >= 11 is -1.09. The maximum absolute atomic E-state index is 8.89. The van der Waals surface area contributed by atoms with E-state index < -0.39 is 25.7 Å². The second-order valence-corrected chi connectivity index (χ2v) is 21.6. The Kier molecular flexibility index (Phi) is 42.6. The molecule has 0 aromatic rings. The number of carbonyl (C=O) groups excluding carboxylic acids is 1. The van der Waals surface area contributed by atoms with Gasteiger partial charge < -0.3 is 9.90 Å². The van der Waals surface area contributed by atoms with Gasteiger partial charge in [-0.1, -0.05) is 0 Å². The summed E-state index contributed by atoms with van der Waals surface area (Å²) in [5.41, 5.74) is 0. The first kappa shape index (κ1) is 43.4. The van der Waals surface area contributed by atoms with E-state index in [1.165, 1.54) is 154 Å². The number of rotatable bonds is 33. The number of unbranched alkanes of at least 4 members (excludes halogenated alkanes) is 27. The summed E-state index contributed by atoms with van der Waals surface area (Å²) < 4.78 is 5.19. The van der Waals surface area contributed by atoms with Crippen LogP contribution in [-0.4, -0.2) is 25.7 Å². The van der Waals surface area contributed by atoms with Gasteiger partial charge in [-0.25, -0.2) is 0 Å². The normalized spacial score (nSPS) is 10.9. The van der Waals surface area contributed by atoms with Crippen molar-refractivity contribution in [3.63, 3.8) is 0 Å². The molecular weight excluding hydrogens is 607 g/mol. The van der Waals surface area contributed by atoms with E-state index in [9.17, 15) is 0 Å². The molecule has 0 spiro atoms. The first-order valence-corrected chi connectivity index (χ1v) is 25.1. The summed E-state index contributed by atoms with van der Waals surface area (Å²) in [5.74, 6) is -1.08. The Morgan fingerprint density at radius 1 is 0.366 bits per heavy atom. The molecule has 0 unspecified atom stereocenters. The molecule has 0 fully saturated rings. The molecule has 0 radical (unpaired) electrons. The fourth-order valence-electron chi connectivity index (χ4n) is 5.96. The molecule has 41 heavy (non-hydrogen) atoms. The van der Waals surface area contributed by atoms with Crippen molar-refractivity contribution < 1.29 is 9.90 Å². The Labute approximate surface area is 268 Å². The molecule has 0 aromatic heterocycles. The van der Waals surface area contributed by atoms with Crippen LogP contribution in [0.5, 0.6) is 0 Å². The monoisotopic (exact) mass is 687 g/mol. The molecule has 0 aromatic carbocycles. The van der Waals surface area contributed by atoms with Crippen LogP contribution in [0, 0.1) is 0 Å². The molecule has 0 aliphatic heterocycles. The van der Waals surface area contributed by atoms with E-state index >= 15 is 0 Å². The second-order valence-electron chi connectivity index (χ2n) is 13.0. The standard InChI is InChI=1S/3C12H25.C2H4O2.Sn/c3*1-3-5-7-9-11-12-10-8-6-4-2;1-2(3)4;/h3*1,3-12H2,2H3;1H3,(H,3,4);/q;;;;+1/p-1. The van der Waals surface area contributed by atoms with E-state index in [0.29, 0.717) is 0 Å². The molecule has 0 aliphatic rings. The van der Waals surface area contributed by atoms with E-state index in [4.69, 9.17) is 9.90 Å². The van der Waals surface area contributed by atoms with Gasteiger partial charge in [0.25, 0.3) is 0 Å². The van der Waals surface area contributed by atoms with E-state index in [1.54, 1.807) is 51.8 Å². The first-order valence-electron chi connectivity index (χ1n) is 19.1. The van der Waals surface area contributed by atoms with Gasteiger partial charge in [-0.2, -0.15) is 0 Å². The average molecular weight is 686 g/mol. The summed E-state index contributed by atoms with van der Waals surface area (Å²) in [5, 5.41) is 8.89. The molecule has 0 saturated heterocycles. The molecule has 2 nitrogen and oxygen atoms in total. The van der Waals surface area contributed by atoms with Gasteiger partial charge in [0.05, 0.1) is 0 Å². The summed E-state index contributed by atoms with van der Waals surface area (Å²) in [6.45, 7) is 7.95. The molecule has 0 amide bonds. The van der Waals surface area contributed by atoms with E-state index in [-0.39, 0.29) is 0 Å². The molecule has 0 N–H and O–H groups in total. The van der Waals surface area contributed by atoms with Crippen LogP contribution < -0.4 is 5.11 Å². The Morgan fingerprint density at radius 3 is 0.683 bits per heavy atom. The topological polar surface area (TPSA) is 40.1 Å². The summed E-state index contributed by atoms with van der Waals surface area (Å²) in [6.07, 6.45) is 45.0. The van der Waals surface area contributed by atoms with Gasteiger partial charge in [-0.15, -0.1) is 0 Å². The summed E-state index contributed by atoms with van der Waals surface area (Å²) in [4.78, 5) is 8.89. The second kappa shape index (κ2) is 40.3. The molecule has 0 saturated carbocycles. The number of hydrogen-bond donors (Lipinski definition) is 0. The quantitative estimate of drug-likeness (QED) is 0.0510. The van der Waals surface area contributed by atoms with Crippen molar-refractivity contribution in [2.75, 3.05) is 0 Å². The molecule has 3 heteroatoms. The van der Waals surface area contributed by atoms with Crippen LogP contribution in [0.15, 0.2) is 0 Å². The molecular formula is C38H78O2Sn. The van der Waals surface area contributed by atoms with Crippen molar-refractivity contribution >= 4 is 25.7 Å². The predicted octanol–water partition coefficient (Wildman–Crippen LogP) is 13.0. The predicted molar refractivity (Wildman–Crippen MR) is 186 cm³/mol. The van der Waals surface area contributed by atoms with Crippen LogP contribution in [-0.2, 0) is 4.79 Å². The fourth-order valence-corrected chi connectivity index (χ4v) is 14.5. The molecule has 0 heterocycles. The zero-order valence-corrected chi connectivity index (χ0v) is 32.0. The third-order valence-corrected chi connectivity index (χ3v) is 17.7. The Bertz CT molecular complexity index is 406. The molecule has 0 rings (SSSR count). The molecule has 246 valence electrons. The van der Waals surface area contributed by atoms with Crippen LogP contribution >= 0.6 is 0 Å². The van der Waals surface area contributed by atoms with Gasteiger partial charge in [0, 0.05) is 5.97 Å². The van der Waals surface area contributed by atoms with Crippen LogP contribution in [0.1, 0.15) is 220 Å². The number of hydrogen-bond acceptors (Lipinski definition) is 2. The van der Waals surface area contributed by atoms with Gasteiger partial charge in [-0.05, 0) is 6.92 Å². The third kappa shape index (κ3) is 44.8. The molecule has 0 atom stereocenters. The number of aliphatic carboxylic acids is 1. The van der Waals surface area contributed by atoms with Crippen LogP contribution in [0.25, 0.3) is 0 Å². The Hall–Kier alpha value is 0.269. The van der Waals surface area contributed by atoms with Crippen molar-refractivity contribution in [2.24, 2.45) is 0 Å². The third-order valence-electron chi connectivity index (χ3n) is 8.65. The maximum atomic E-state index is 8.89. The van der Waals surface area contributed by atoms with Gasteiger partial charge in [0.15, 0.2) is 0 Å². The minimum atomic E-state index is -1.09. The van der Waals surface area contributed by atoms with Crippen molar-refractivity contribution in [3.05, 3.63) is 0 Å². The minimum absolute atomic E-state index is 0.972. The first-order chi connectivity index (χ1) is 20.1. The Balaban J connectivity index is 0. The zero-order valence-electron chi connectivity index (χ0n) is 29.2. The zero-order chi connectivity index (χ0) is 30.5. The van der Waals surface area contributed by atoms with Crippen molar-refractivity contribution in [3.8, 4) is 0 Å². The van der Waals surface area contributed by atoms with Crippen LogP contribution in [0.3, 0.4) is 0 Å². The van der Waals surface area contributed by atoms with Crippen molar-refractivity contribution in [1.29, 1.82) is 0 Å². The number of carboxylic acids is 1. The average Bonchev–Trinajstić information content (AvgIpc) is 2.95. The van der Waals surface area contributed by atoms with Crippen molar-refractivity contribution in [2.45, 2.75) is 234 Å². The summed E-state index contributed by atoms with van der Waals surface area (Å²) in [6, 6.07) is 0. The van der Waals surface area contributed by atoms with Gasteiger partial charge in [0.2, 0.25) is 0 Å². The van der Waals surface area contributed by atoms with E-state index in [1.807, 2.05) is 0 Å². The Morgan fingerprint density at radius 2 is 0.512 bits per heavy atom. The fraction of sp³-hybridized carbons (Fsp3) is 0.974. The van der Waals surface area contributed by atoms with Gasteiger partial charge >= 0.3 is 246 Å². The number of carbonyl (C=O) groups is 1. The van der Waals surface area contributed by atoms with E-state index in [0.717, 1.165) is 6.92 Å². The van der Waals surface area contributed by atoms with Crippen molar-refractivity contribution in [1.82, 2.24) is 0 Å².